The molecule has 2 aromatic carbocycles. The Hall–Kier alpha value is -2.69. The number of nitrogens with zero attached hydrogens (tertiary/aromatic N) is 2. The third kappa shape index (κ3) is 2.42. The number of aliphatic imine (C=N–C) groups is 1. The first-order chi connectivity index (χ1) is 12.3. The molecule has 0 unspecified atom stereocenters. The van der Waals surface area contributed by atoms with E-state index in [1.165, 1.54) is 12.1 Å². The molecule has 2 aliphatic heterocycles. The predicted octanol–water partition coefficient (Wildman–Crippen LogP) is 4.59. The number of halogens is 1. The van der Waals surface area contributed by atoms with Crippen LogP contribution in [0.1, 0.15) is 44.2 Å². The third-order valence-electron chi connectivity index (χ3n) is 5.24. The number of methoxy groups -OCH3 is 1. The minimum absolute atomic E-state index is 0.115. The van der Waals surface area contributed by atoms with Gasteiger partial charge >= 0.3 is 0 Å². The smallest absolute Gasteiger partial charge is 0.278 e. The summed E-state index contributed by atoms with van der Waals surface area (Å²) in [6, 6.07) is 9.73. The lowest BCUT2D eigenvalue weighted by molar-refractivity contribution is -0.113. The van der Waals surface area contributed by atoms with Crippen molar-refractivity contribution in [1.29, 1.82) is 0 Å². The molecule has 0 aromatic heterocycles. The number of carbonyl (C=O) groups is 1. The topological polar surface area (TPSA) is 41.9 Å². The van der Waals surface area contributed by atoms with Crippen molar-refractivity contribution >= 4 is 23.0 Å². The van der Waals surface area contributed by atoms with Crippen molar-refractivity contribution in [3.63, 3.8) is 0 Å². The molecule has 0 saturated heterocycles. The van der Waals surface area contributed by atoms with Gasteiger partial charge in [-0.1, -0.05) is 6.92 Å². The molecule has 0 aliphatic carbocycles. The lowest BCUT2D eigenvalue weighted by atomic mass is 9.80. The Morgan fingerprint density at radius 2 is 1.92 bits per heavy atom. The van der Waals surface area contributed by atoms with Crippen molar-refractivity contribution in [3.8, 4) is 5.75 Å². The van der Waals surface area contributed by atoms with Gasteiger partial charge in [-0.05, 0) is 68.1 Å². The van der Waals surface area contributed by atoms with Crippen molar-refractivity contribution < 1.29 is 13.9 Å². The van der Waals surface area contributed by atoms with Crippen molar-refractivity contribution in [2.24, 2.45) is 4.99 Å². The molecule has 2 aromatic rings. The SMILES string of the molecule is COc1cc2c3c(c1)[C@@H](C)CC(C)(C)N3C(=O)C2=Nc1ccc(F)cc1. The average molecular weight is 352 g/mol. The average Bonchev–Trinajstić information content (AvgIpc) is 2.87. The maximum Gasteiger partial charge on any atom is 0.278 e. The van der Waals surface area contributed by atoms with Crippen LogP contribution in [0.4, 0.5) is 15.8 Å². The fourth-order valence-corrected chi connectivity index (χ4v) is 4.16. The van der Waals surface area contributed by atoms with E-state index in [1.54, 1.807) is 19.2 Å². The number of hydrogen-bond donors (Lipinski definition) is 0. The molecule has 5 heteroatoms. The minimum atomic E-state index is -0.328. The van der Waals surface area contributed by atoms with Crippen molar-refractivity contribution in [1.82, 2.24) is 0 Å². The summed E-state index contributed by atoms with van der Waals surface area (Å²) >= 11 is 0. The zero-order valence-electron chi connectivity index (χ0n) is 15.3. The highest BCUT2D eigenvalue weighted by molar-refractivity contribution is 6.55. The molecule has 4 nitrogen and oxygen atoms in total. The molecule has 0 bridgehead atoms. The number of amides is 1. The summed E-state index contributed by atoms with van der Waals surface area (Å²) in [7, 11) is 1.62. The Morgan fingerprint density at radius 1 is 1.23 bits per heavy atom. The van der Waals surface area contributed by atoms with Crippen LogP contribution in [0.3, 0.4) is 0 Å². The summed E-state index contributed by atoms with van der Waals surface area (Å²) in [5.41, 5.74) is 3.46. The van der Waals surface area contributed by atoms with Crippen LogP contribution in [0.2, 0.25) is 0 Å². The molecule has 0 N–H and O–H groups in total. The van der Waals surface area contributed by atoms with Crippen molar-refractivity contribution in [3.05, 3.63) is 53.3 Å². The van der Waals surface area contributed by atoms with E-state index in [1.807, 2.05) is 17.0 Å². The number of hydrogen-bond acceptors (Lipinski definition) is 3. The largest absolute Gasteiger partial charge is 0.497 e. The molecule has 134 valence electrons. The van der Waals surface area contributed by atoms with Gasteiger partial charge in [0.2, 0.25) is 0 Å². The Morgan fingerprint density at radius 3 is 2.58 bits per heavy atom. The fourth-order valence-electron chi connectivity index (χ4n) is 4.16. The van der Waals surface area contributed by atoms with Crippen molar-refractivity contribution in [2.75, 3.05) is 12.0 Å². The number of benzene rings is 2. The van der Waals surface area contributed by atoms with E-state index in [2.05, 4.69) is 25.8 Å². The number of rotatable bonds is 2. The van der Waals surface area contributed by atoms with E-state index in [9.17, 15) is 9.18 Å². The molecule has 0 saturated carbocycles. The van der Waals surface area contributed by atoms with E-state index in [-0.39, 0.29) is 17.3 Å². The van der Waals surface area contributed by atoms with E-state index in [0.29, 0.717) is 23.1 Å². The lowest BCUT2D eigenvalue weighted by Gasteiger charge is -2.43. The fraction of sp³-hybridized carbons (Fsp3) is 0.333. The normalized spacial score (nSPS) is 21.9. The van der Waals surface area contributed by atoms with E-state index in [4.69, 9.17) is 4.74 Å². The maximum atomic E-state index is 13.3. The number of anilines is 1. The molecule has 2 heterocycles. The highest BCUT2D eigenvalue weighted by atomic mass is 19.1. The Balaban J connectivity index is 1.96. The van der Waals surface area contributed by atoms with Crippen LogP contribution in [-0.2, 0) is 4.79 Å². The molecular formula is C21H21FN2O2. The second-order valence-corrected chi connectivity index (χ2v) is 7.61. The van der Waals surface area contributed by atoms with Gasteiger partial charge in [0.1, 0.15) is 17.3 Å². The molecule has 4 rings (SSSR count). The van der Waals surface area contributed by atoms with Gasteiger partial charge in [0.25, 0.3) is 5.91 Å². The summed E-state index contributed by atoms with van der Waals surface area (Å²) in [4.78, 5) is 19.7. The highest BCUT2D eigenvalue weighted by Gasteiger charge is 2.48. The lowest BCUT2D eigenvalue weighted by Crippen LogP contribution is -2.50. The Bertz CT molecular complexity index is 932. The quantitative estimate of drug-likeness (QED) is 0.793. The second-order valence-electron chi connectivity index (χ2n) is 7.61. The zero-order chi connectivity index (χ0) is 18.6. The number of carbonyl (C=O) groups excluding carboxylic acids is 1. The summed E-state index contributed by atoms with van der Waals surface area (Å²) < 4.78 is 18.7. The maximum absolute atomic E-state index is 13.3. The van der Waals surface area contributed by atoms with Crippen LogP contribution >= 0.6 is 0 Å². The molecule has 1 amide bonds. The summed E-state index contributed by atoms with van der Waals surface area (Å²) in [6.07, 6.45) is 0.863. The standard InChI is InChI=1S/C21H21FN2O2/c1-12-11-21(2,3)24-19-16(12)9-15(26-4)10-17(19)18(20(24)25)23-14-7-5-13(22)6-8-14/h5-10,12H,11H2,1-4H3/t12-/m0/s1. The number of ether oxygens (including phenoxy) is 1. The first kappa shape index (κ1) is 16.8. The zero-order valence-corrected chi connectivity index (χ0v) is 15.3. The molecule has 1 atom stereocenters. The molecule has 0 fully saturated rings. The summed E-state index contributed by atoms with van der Waals surface area (Å²) in [6.45, 7) is 6.34. The first-order valence-corrected chi connectivity index (χ1v) is 8.73. The van der Waals surface area contributed by atoms with Gasteiger partial charge < -0.3 is 9.64 Å². The van der Waals surface area contributed by atoms with E-state index < -0.39 is 0 Å². The van der Waals surface area contributed by atoms with Gasteiger partial charge in [0.05, 0.1) is 18.5 Å². The summed E-state index contributed by atoms with van der Waals surface area (Å²) in [5, 5.41) is 0. The van der Waals surface area contributed by atoms with Crippen molar-refractivity contribution in [2.45, 2.75) is 38.6 Å². The predicted molar refractivity (Wildman–Crippen MR) is 100 cm³/mol. The third-order valence-corrected chi connectivity index (χ3v) is 5.24. The van der Waals surface area contributed by atoms with Crippen LogP contribution < -0.4 is 9.64 Å². The van der Waals surface area contributed by atoms with E-state index in [0.717, 1.165) is 23.2 Å². The van der Waals surface area contributed by atoms with Gasteiger partial charge in [-0.15, -0.1) is 0 Å². The van der Waals surface area contributed by atoms with E-state index >= 15 is 0 Å². The molecule has 0 radical (unpaired) electrons. The van der Waals surface area contributed by atoms with Crippen LogP contribution in [0.25, 0.3) is 0 Å². The molecule has 2 aliphatic rings. The molecular weight excluding hydrogens is 331 g/mol. The molecule has 26 heavy (non-hydrogen) atoms. The minimum Gasteiger partial charge on any atom is -0.497 e. The second kappa shape index (κ2) is 5.66. The van der Waals surface area contributed by atoms with Crippen LogP contribution in [-0.4, -0.2) is 24.3 Å². The Labute approximate surface area is 152 Å². The van der Waals surface area contributed by atoms with Crippen LogP contribution in [0, 0.1) is 5.82 Å². The monoisotopic (exact) mass is 352 g/mol. The van der Waals surface area contributed by atoms with Gasteiger partial charge in [-0.2, -0.15) is 0 Å². The molecule has 0 spiro atoms. The van der Waals surface area contributed by atoms with Gasteiger partial charge in [-0.25, -0.2) is 9.38 Å². The summed E-state index contributed by atoms with van der Waals surface area (Å²) in [5.74, 6) is 0.580. The van der Waals surface area contributed by atoms with Gasteiger partial charge in [-0.3, -0.25) is 4.79 Å². The Kier molecular flexibility index (Phi) is 3.65. The van der Waals surface area contributed by atoms with Crippen LogP contribution in [0.5, 0.6) is 5.75 Å². The van der Waals surface area contributed by atoms with Gasteiger partial charge in [0, 0.05) is 11.1 Å². The highest BCUT2D eigenvalue weighted by Crippen LogP contribution is 2.50. The van der Waals surface area contributed by atoms with Gasteiger partial charge in [0.15, 0.2) is 0 Å². The first-order valence-electron chi connectivity index (χ1n) is 8.73. The van der Waals surface area contributed by atoms with Crippen LogP contribution in [0.15, 0.2) is 41.4 Å².